The molecule has 0 radical (unpaired) electrons. The number of carbonyl (C=O) groups excluding carboxylic acids is 1. The van der Waals surface area contributed by atoms with Crippen LogP contribution in [-0.4, -0.2) is 47.1 Å². The molecule has 1 unspecified atom stereocenters. The number of halogens is 1. The van der Waals surface area contributed by atoms with Crippen LogP contribution < -0.4 is 5.32 Å². The Morgan fingerprint density at radius 3 is 3.00 bits per heavy atom. The zero-order valence-electron chi connectivity index (χ0n) is 11.6. The Morgan fingerprint density at radius 1 is 1.50 bits per heavy atom. The van der Waals surface area contributed by atoms with Crippen molar-refractivity contribution in [1.29, 1.82) is 0 Å². The molecule has 1 saturated heterocycles. The summed E-state index contributed by atoms with van der Waals surface area (Å²) in [7, 11) is 1.74. The number of anilines is 1. The van der Waals surface area contributed by atoms with Crippen LogP contribution in [0.3, 0.4) is 0 Å². The molecule has 1 aliphatic heterocycles. The van der Waals surface area contributed by atoms with Crippen LogP contribution in [0.4, 0.5) is 5.82 Å². The Balaban J connectivity index is 2.28. The third-order valence-electron chi connectivity index (χ3n) is 3.65. The number of carbonyl (C=O) groups is 1. The van der Waals surface area contributed by atoms with Crippen molar-refractivity contribution in [3.63, 3.8) is 0 Å². The second-order valence-corrected chi connectivity index (χ2v) is 5.37. The minimum absolute atomic E-state index is 0.0188. The molecular weight excluding hydrogens is 278 g/mol. The average Bonchev–Trinajstić information content (AvgIpc) is 2.72. The molecule has 1 amide bonds. The van der Waals surface area contributed by atoms with Crippen molar-refractivity contribution in [3.05, 3.63) is 22.8 Å². The topological polar surface area (TPSA) is 65.5 Å². The summed E-state index contributed by atoms with van der Waals surface area (Å²) in [4.78, 5) is 18.6. The van der Waals surface area contributed by atoms with E-state index in [2.05, 4.69) is 10.3 Å². The summed E-state index contributed by atoms with van der Waals surface area (Å²) in [6, 6.07) is 3.26. The molecule has 0 aromatic carbocycles. The smallest absolute Gasteiger partial charge is 0.274 e. The highest BCUT2D eigenvalue weighted by Crippen LogP contribution is 2.23. The largest absolute Gasteiger partial charge is 0.394 e. The lowest BCUT2D eigenvalue weighted by Crippen LogP contribution is -2.42. The third kappa shape index (κ3) is 3.22. The molecule has 20 heavy (non-hydrogen) atoms. The van der Waals surface area contributed by atoms with Crippen molar-refractivity contribution in [1.82, 2.24) is 9.88 Å². The van der Waals surface area contributed by atoms with E-state index in [4.69, 9.17) is 11.6 Å². The van der Waals surface area contributed by atoms with Gasteiger partial charge in [-0.2, -0.15) is 0 Å². The second kappa shape index (κ2) is 6.90. The quantitative estimate of drug-likeness (QED) is 0.897. The lowest BCUT2D eigenvalue weighted by molar-refractivity contribution is 0.0594. The lowest BCUT2D eigenvalue weighted by atomic mass is 10.1. The highest BCUT2D eigenvalue weighted by Gasteiger charge is 2.28. The second-order valence-electron chi connectivity index (χ2n) is 4.96. The molecule has 2 N–H and O–H groups in total. The van der Waals surface area contributed by atoms with Gasteiger partial charge in [-0.1, -0.05) is 24.4 Å². The Labute approximate surface area is 123 Å². The number of hydrogen-bond acceptors (Lipinski definition) is 4. The first-order chi connectivity index (χ1) is 9.67. The molecule has 2 heterocycles. The molecule has 5 nitrogen and oxygen atoms in total. The van der Waals surface area contributed by atoms with E-state index in [0.717, 1.165) is 25.7 Å². The number of aliphatic hydroxyl groups is 1. The van der Waals surface area contributed by atoms with Crippen LogP contribution in [0.15, 0.2) is 12.1 Å². The van der Waals surface area contributed by atoms with Gasteiger partial charge in [-0.25, -0.2) is 4.98 Å². The zero-order valence-corrected chi connectivity index (χ0v) is 12.4. The van der Waals surface area contributed by atoms with Gasteiger partial charge in [0.25, 0.3) is 5.91 Å². The van der Waals surface area contributed by atoms with Crippen LogP contribution in [0.5, 0.6) is 0 Å². The fourth-order valence-electron chi connectivity index (χ4n) is 2.50. The number of nitrogens with zero attached hydrogens (tertiary/aromatic N) is 2. The number of likely N-dealkylation sites (tertiary alicyclic amines) is 1. The number of hydrogen-bond donors (Lipinski definition) is 2. The van der Waals surface area contributed by atoms with Crippen molar-refractivity contribution in [2.75, 3.05) is 25.5 Å². The van der Waals surface area contributed by atoms with E-state index in [9.17, 15) is 9.90 Å². The predicted molar refractivity (Wildman–Crippen MR) is 79.2 cm³/mol. The molecule has 110 valence electrons. The van der Waals surface area contributed by atoms with Crippen LogP contribution in [0.2, 0.25) is 5.02 Å². The summed E-state index contributed by atoms with van der Waals surface area (Å²) in [5, 5.41) is 12.7. The van der Waals surface area contributed by atoms with Crippen LogP contribution in [0.1, 0.15) is 36.2 Å². The van der Waals surface area contributed by atoms with E-state index in [1.165, 1.54) is 0 Å². The van der Waals surface area contributed by atoms with Gasteiger partial charge in [0, 0.05) is 13.6 Å². The monoisotopic (exact) mass is 297 g/mol. The first kappa shape index (κ1) is 15.1. The van der Waals surface area contributed by atoms with Gasteiger partial charge >= 0.3 is 0 Å². The Bertz CT molecular complexity index is 481. The molecule has 1 atom stereocenters. The maximum Gasteiger partial charge on any atom is 0.274 e. The van der Waals surface area contributed by atoms with Gasteiger partial charge in [-0.05, 0) is 25.0 Å². The first-order valence-corrected chi connectivity index (χ1v) is 7.31. The van der Waals surface area contributed by atoms with Crippen molar-refractivity contribution in [2.45, 2.75) is 31.7 Å². The van der Waals surface area contributed by atoms with Crippen LogP contribution in [0.25, 0.3) is 0 Å². The highest BCUT2D eigenvalue weighted by atomic mass is 35.5. The summed E-state index contributed by atoms with van der Waals surface area (Å²) in [6.45, 7) is 0.626. The molecule has 0 saturated carbocycles. The third-order valence-corrected chi connectivity index (χ3v) is 3.96. The maximum atomic E-state index is 12.7. The standard InChI is InChI=1S/C14H20ClN3O2/c1-16-12-7-6-11(15)13(17-12)14(20)18-8-4-2-3-5-10(18)9-19/h6-7,10,19H,2-5,8-9H2,1H3,(H,16,17). The number of amides is 1. The van der Waals surface area contributed by atoms with Gasteiger partial charge < -0.3 is 15.3 Å². The van der Waals surface area contributed by atoms with Crippen molar-refractivity contribution in [3.8, 4) is 0 Å². The summed E-state index contributed by atoms with van der Waals surface area (Å²) in [5.74, 6) is 0.404. The number of aromatic nitrogens is 1. The maximum absolute atomic E-state index is 12.7. The van der Waals surface area contributed by atoms with Crippen LogP contribution in [-0.2, 0) is 0 Å². The SMILES string of the molecule is CNc1ccc(Cl)c(C(=O)N2CCCCCC2CO)n1. The van der Waals surface area contributed by atoms with Gasteiger partial charge in [-0.15, -0.1) is 0 Å². The molecule has 6 heteroatoms. The molecule has 2 rings (SSSR count). The molecule has 1 aromatic heterocycles. The Morgan fingerprint density at radius 2 is 2.30 bits per heavy atom. The highest BCUT2D eigenvalue weighted by molar-refractivity contribution is 6.33. The van der Waals surface area contributed by atoms with Crippen LogP contribution in [0, 0.1) is 0 Å². The summed E-state index contributed by atoms with van der Waals surface area (Å²) >= 11 is 6.10. The van der Waals surface area contributed by atoms with Gasteiger partial charge in [0.05, 0.1) is 17.7 Å². The normalized spacial score (nSPS) is 19.6. The molecule has 0 aliphatic carbocycles. The summed E-state index contributed by atoms with van der Waals surface area (Å²) < 4.78 is 0. The molecular formula is C14H20ClN3O2. The first-order valence-electron chi connectivity index (χ1n) is 6.93. The molecule has 0 bridgehead atoms. The molecule has 1 aliphatic rings. The van der Waals surface area contributed by atoms with E-state index >= 15 is 0 Å². The van der Waals surface area contributed by atoms with Crippen molar-refractivity contribution >= 4 is 23.3 Å². The summed E-state index contributed by atoms with van der Waals surface area (Å²) in [5.41, 5.74) is 0.249. The van der Waals surface area contributed by atoms with E-state index in [1.807, 2.05) is 0 Å². The van der Waals surface area contributed by atoms with E-state index < -0.39 is 0 Å². The van der Waals surface area contributed by atoms with Crippen molar-refractivity contribution < 1.29 is 9.90 Å². The van der Waals surface area contributed by atoms with Crippen LogP contribution >= 0.6 is 11.6 Å². The van der Waals surface area contributed by atoms with Gasteiger partial charge in [0.1, 0.15) is 11.5 Å². The average molecular weight is 298 g/mol. The Kier molecular flexibility index (Phi) is 5.20. The van der Waals surface area contributed by atoms with Gasteiger partial charge in [0.15, 0.2) is 0 Å². The minimum Gasteiger partial charge on any atom is -0.394 e. The lowest BCUT2D eigenvalue weighted by Gasteiger charge is -2.28. The Hall–Kier alpha value is -1.33. The summed E-state index contributed by atoms with van der Waals surface area (Å²) in [6.07, 6.45) is 3.89. The van der Waals surface area contributed by atoms with Gasteiger partial charge in [0.2, 0.25) is 0 Å². The van der Waals surface area contributed by atoms with Crippen molar-refractivity contribution in [2.24, 2.45) is 0 Å². The number of nitrogens with one attached hydrogen (secondary N) is 1. The fourth-order valence-corrected chi connectivity index (χ4v) is 2.69. The number of pyridine rings is 1. The molecule has 1 aromatic rings. The van der Waals surface area contributed by atoms with E-state index in [1.54, 1.807) is 24.1 Å². The van der Waals surface area contributed by atoms with E-state index in [-0.39, 0.29) is 24.2 Å². The number of aliphatic hydroxyl groups excluding tert-OH is 1. The molecule has 1 fully saturated rings. The predicted octanol–water partition coefficient (Wildman–Crippen LogP) is 2.15. The zero-order chi connectivity index (χ0) is 14.5. The van der Waals surface area contributed by atoms with E-state index in [0.29, 0.717) is 17.4 Å². The minimum atomic E-state index is -0.201. The fraction of sp³-hybridized carbons (Fsp3) is 0.571. The molecule has 0 spiro atoms. The number of rotatable bonds is 3. The van der Waals surface area contributed by atoms with Gasteiger partial charge in [-0.3, -0.25) is 4.79 Å².